The number of para-hydroxylation sites is 1. The number of benzene rings is 3. The predicted octanol–water partition coefficient (Wildman–Crippen LogP) is 5.12. The number of piperidine rings is 1. The molecule has 0 atom stereocenters. The van der Waals surface area contributed by atoms with Crippen LogP contribution in [0.5, 0.6) is 0 Å². The minimum Gasteiger partial charge on any atom is -0.339 e. The molecule has 1 saturated heterocycles. The fraction of sp³-hybridized carbons (Fsp3) is 0.310. The molecule has 2 amide bonds. The van der Waals surface area contributed by atoms with Crippen LogP contribution < -0.4 is 5.32 Å². The maximum atomic E-state index is 13.0. The van der Waals surface area contributed by atoms with Crippen molar-refractivity contribution in [3.05, 3.63) is 101 Å². The number of nitrogens with zero attached hydrogens (tertiary/aromatic N) is 2. The maximum absolute atomic E-state index is 13.0. The van der Waals surface area contributed by atoms with Crippen molar-refractivity contribution in [1.29, 1.82) is 0 Å². The molecule has 0 radical (unpaired) electrons. The van der Waals surface area contributed by atoms with Crippen LogP contribution in [0.3, 0.4) is 0 Å². The Labute approximate surface area is 201 Å². The molecule has 2 aliphatic rings. The average Bonchev–Trinajstić information content (AvgIpc) is 2.89. The summed E-state index contributed by atoms with van der Waals surface area (Å²) in [5, 5.41) is 2.96. The van der Waals surface area contributed by atoms with Crippen LogP contribution in [-0.4, -0.2) is 41.2 Å². The molecule has 0 aromatic heterocycles. The van der Waals surface area contributed by atoms with E-state index in [1.807, 2.05) is 41.3 Å². The molecular weight excluding hydrogens is 422 g/mol. The third kappa shape index (κ3) is 5.05. The molecule has 3 aromatic rings. The Morgan fingerprint density at radius 3 is 2.26 bits per heavy atom. The van der Waals surface area contributed by atoms with E-state index in [9.17, 15) is 9.59 Å². The molecule has 3 aromatic carbocycles. The molecule has 5 nitrogen and oxygen atoms in total. The second kappa shape index (κ2) is 10.2. The summed E-state index contributed by atoms with van der Waals surface area (Å²) < 4.78 is 0. The van der Waals surface area contributed by atoms with Crippen molar-refractivity contribution in [2.24, 2.45) is 0 Å². The normalized spacial score (nSPS) is 16.1. The number of hydrogen-bond donors (Lipinski definition) is 1. The van der Waals surface area contributed by atoms with Crippen molar-refractivity contribution in [2.45, 2.75) is 38.8 Å². The lowest BCUT2D eigenvalue weighted by molar-refractivity contribution is 0.0725. The van der Waals surface area contributed by atoms with Gasteiger partial charge in [0.1, 0.15) is 0 Å². The van der Waals surface area contributed by atoms with Gasteiger partial charge in [-0.1, -0.05) is 48.5 Å². The first kappa shape index (κ1) is 22.4. The van der Waals surface area contributed by atoms with Crippen LogP contribution in [0.25, 0.3) is 0 Å². The van der Waals surface area contributed by atoms with Crippen LogP contribution in [0.1, 0.15) is 56.7 Å². The molecule has 5 heteroatoms. The summed E-state index contributed by atoms with van der Waals surface area (Å²) in [6, 6.07) is 23.7. The van der Waals surface area contributed by atoms with Gasteiger partial charge in [0.15, 0.2) is 0 Å². The minimum atomic E-state index is -0.197. The Balaban J connectivity index is 1.23. The van der Waals surface area contributed by atoms with Gasteiger partial charge < -0.3 is 10.2 Å². The van der Waals surface area contributed by atoms with Crippen LogP contribution in [-0.2, 0) is 19.5 Å². The number of amides is 2. The number of rotatable bonds is 5. The number of likely N-dealkylation sites (tertiary alicyclic amines) is 1. The van der Waals surface area contributed by atoms with E-state index in [4.69, 9.17) is 0 Å². The standard InChI is InChI=1S/C29H31N3O2/c33-28(30-27-11-5-4-10-26(27)29(34)32-17-6-1-7-18-32)24-14-12-22(13-15-24)20-31-19-16-23-8-2-3-9-25(23)21-31/h2-5,8-15H,1,6-7,16-21H2,(H,30,33). The zero-order valence-electron chi connectivity index (χ0n) is 19.5. The minimum absolute atomic E-state index is 0.00551. The maximum Gasteiger partial charge on any atom is 0.255 e. The first-order chi connectivity index (χ1) is 16.7. The summed E-state index contributed by atoms with van der Waals surface area (Å²) in [7, 11) is 0. The Morgan fingerprint density at radius 1 is 0.765 bits per heavy atom. The van der Waals surface area contributed by atoms with Crippen molar-refractivity contribution in [3.8, 4) is 0 Å². The number of anilines is 1. The number of hydrogen-bond acceptors (Lipinski definition) is 3. The van der Waals surface area contributed by atoms with Crippen molar-refractivity contribution >= 4 is 17.5 Å². The zero-order valence-corrected chi connectivity index (χ0v) is 19.5. The van der Waals surface area contributed by atoms with Gasteiger partial charge in [-0.05, 0) is 66.6 Å². The Kier molecular flexibility index (Phi) is 6.72. The van der Waals surface area contributed by atoms with E-state index in [-0.39, 0.29) is 11.8 Å². The molecule has 174 valence electrons. The molecular formula is C29H31N3O2. The quantitative estimate of drug-likeness (QED) is 0.583. The first-order valence-electron chi connectivity index (χ1n) is 12.2. The third-order valence-electron chi connectivity index (χ3n) is 6.88. The van der Waals surface area contributed by atoms with Crippen LogP contribution in [0.4, 0.5) is 5.69 Å². The van der Waals surface area contributed by atoms with Gasteiger partial charge in [0.25, 0.3) is 11.8 Å². The largest absolute Gasteiger partial charge is 0.339 e. The van der Waals surface area contributed by atoms with Gasteiger partial charge in [-0.15, -0.1) is 0 Å². The molecule has 0 saturated carbocycles. The Hall–Kier alpha value is -3.44. The smallest absolute Gasteiger partial charge is 0.255 e. The van der Waals surface area contributed by atoms with E-state index < -0.39 is 0 Å². The second-order valence-corrected chi connectivity index (χ2v) is 9.28. The number of carbonyl (C=O) groups is 2. The van der Waals surface area contributed by atoms with Gasteiger partial charge in [-0.2, -0.15) is 0 Å². The second-order valence-electron chi connectivity index (χ2n) is 9.28. The average molecular weight is 454 g/mol. The van der Waals surface area contributed by atoms with Crippen molar-refractivity contribution < 1.29 is 9.59 Å². The lowest BCUT2D eigenvalue weighted by Crippen LogP contribution is -2.36. The summed E-state index contributed by atoms with van der Waals surface area (Å²) in [5.41, 5.74) is 5.76. The molecule has 0 aliphatic carbocycles. The molecule has 0 unspecified atom stereocenters. The SMILES string of the molecule is O=C(Nc1ccccc1C(=O)N1CCCCC1)c1ccc(CN2CCc3ccccc3C2)cc1. The molecule has 1 N–H and O–H groups in total. The summed E-state index contributed by atoms with van der Waals surface area (Å²) in [6.45, 7) is 4.43. The van der Waals surface area contributed by atoms with Crippen molar-refractivity contribution in [1.82, 2.24) is 9.80 Å². The van der Waals surface area contributed by atoms with Crippen LogP contribution >= 0.6 is 0 Å². The van der Waals surface area contributed by atoms with Crippen molar-refractivity contribution in [3.63, 3.8) is 0 Å². The fourth-order valence-corrected chi connectivity index (χ4v) is 4.95. The molecule has 1 fully saturated rings. The number of carbonyl (C=O) groups excluding carboxylic acids is 2. The molecule has 34 heavy (non-hydrogen) atoms. The van der Waals surface area contributed by atoms with Gasteiger partial charge in [0, 0.05) is 38.3 Å². The highest BCUT2D eigenvalue weighted by Crippen LogP contribution is 2.22. The van der Waals surface area contributed by atoms with Crippen LogP contribution in [0.2, 0.25) is 0 Å². The summed E-state index contributed by atoms with van der Waals surface area (Å²) in [6.07, 6.45) is 4.32. The van der Waals surface area contributed by atoms with Gasteiger partial charge in [0.2, 0.25) is 0 Å². The first-order valence-corrected chi connectivity index (χ1v) is 12.2. The molecule has 2 aliphatic heterocycles. The van der Waals surface area contributed by atoms with E-state index in [2.05, 4.69) is 34.5 Å². The van der Waals surface area contributed by atoms with Gasteiger partial charge in [-0.3, -0.25) is 14.5 Å². The molecule has 2 heterocycles. The highest BCUT2D eigenvalue weighted by molar-refractivity contribution is 6.09. The topological polar surface area (TPSA) is 52.7 Å². The van der Waals surface area contributed by atoms with Crippen LogP contribution in [0.15, 0.2) is 72.8 Å². The van der Waals surface area contributed by atoms with Gasteiger partial charge >= 0.3 is 0 Å². The third-order valence-corrected chi connectivity index (χ3v) is 6.88. The van der Waals surface area contributed by atoms with Gasteiger partial charge in [0.05, 0.1) is 11.3 Å². The fourth-order valence-electron chi connectivity index (χ4n) is 4.95. The highest BCUT2D eigenvalue weighted by atomic mass is 16.2. The summed E-state index contributed by atoms with van der Waals surface area (Å²) in [5.74, 6) is -0.202. The Morgan fingerprint density at radius 2 is 1.47 bits per heavy atom. The monoisotopic (exact) mass is 453 g/mol. The van der Waals surface area contributed by atoms with E-state index in [1.54, 1.807) is 12.1 Å². The van der Waals surface area contributed by atoms with E-state index in [1.165, 1.54) is 23.1 Å². The molecule has 0 spiro atoms. The van der Waals surface area contributed by atoms with E-state index in [0.717, 1.165) is 52.0 Å². The lowest BCUT2D eigenvalue weighted by atomic mass is 9.99. The predicted molar refractivity (Wildman–Crippen MR) is 135 cm³/mol. The molecule has 5 rings (SSSR count). The number of fused-ring (bicyclic) bond motifs is 1. The Bertz CT molecular complexity index is 1170. The molecule has 0 bridgehead atoms. The van der Waals surface area contributed by atoms with E-state index >= 15 is 0 Å². The summed E-state index contributed by atoms with van der Waals surface area (Å²) in [4.78, 5) is 30.3. The number of nitrogens with one attached hydrogen (secondary N) is 1. The van der Waals surface area contributed by atoms with Gasteiger partial charge in [-0.25, -0.2) is 0 Å². The summed E-state index contributed by atoms with van der Waals surface area (Å²) >= 11 is 0. The highest BCUT2D eigenvalue weighted by Gasteiger charge is 2.21. The van der Waals surface area contributed by atoms with Crippen molar-refractivity contribution in [2.75, 3.05) is 25.0 Å². The van der Waals surface area contributed by atoms with Crippen LogP contribution in [0, 0.1) is 0 Å². The van der Waals surface area contributed by atoms with E-state index in [0.29, 0.717) is 16.8 Å². The zero-order chi connectivity index (χ0) is 23.3. The lowest BCUT2D eigenvalue weighted by Gasteiger charge is -2.28.